The van der Waals surface area contributed by atoms with Crippen LogP contribution in [0, 0.1) is 0 Å². The van der Waals surface area contributed by atoms with Gasteiger partial charge < -0.3 is 5.32 Å². The summed E-state index contributed by atoms with van der Waals surface area (Å²) >= 11 is 6.21. The van der Waals surface area contributed by atoms with Gasteiger partial charge in [-0.15, -0.1) is 0 Å². The number of nitrogens with zero attached hydrogens (tertiary/aromatic N) is 1. The smallest absolute Gasteiger partial charge is 0.243 e. The van der Waals surface area contributed by atoms with Gasteiger partial charge in [0.25, 0.3) is 0 Å². The predicted molar refractivity (Wildman–Crippen MR) is 103 cm³/mol. The van der Waals surface area contributed by atoms with Crippen LogP contribution in [0.2, 0.25) is 5.02 Å². The van der Waals surface area contributed by atoms with Crippen molar-refractivity contribution in [3.8, 4) is 0 Å². The summed E-state index contributed by atoms with van der Waals surface area (Å²) in [6, 6.07) is 14.4. The molecule has 6 heteroatoms. The first-order valence-corrected chi connectivity index (χ1v) is 10.2. The van der Waals surface area contributed by atoms with E-state index in [1.807, 2.05) is 51.1 Å². The third-order valence-electron chi connectivity index (χ3n) is 3.95. The molecule has 0 saturated carbocycles. The fraction of sp³-hybridized carbons (Fsp3) is 0.368. The van der Waals surface area contributed by atoms with E-state index in [9.17, 15) is 8.42 Å². The lowest BCUT2D eigenvalue weighted by atomic mass is 10.2. The average Bonchev–Trinajstić information content (AvgIpc) is 2.59. The normalized spacial score (nSPS) is 12.1. The topological polar surface area (TPSA) is 49.4 Å². The van der Waals surface area contributed by atoms with E-state index >= 15 is 0 Å². The Morgan fingerprint density at radius 3 is 2.40 bits per heavy atom. The maximum atomic E-state index is 13.2. The van der Waals surface area contributed by atoms with Crippen LogP contribution >= 0.6 is 11.6 Å². The largest absolute Gasteiger partial charge is 0.313 e. The highest BCUT2D eigenvalue weighted by atomic mass is 35.5. The molecule has 0 atom stereocenters. The van der Waals surface area contributed by atoms with Crippen LogP contribution in [-0.2, 0) is 23.1 Å². The molecule has 25 heavy (non-hydrogen) atoms. The van der Waals surface area contributed by atoms with E-state index in [-0.39, 0.29) is 10.9 Å². The van der Waals surface area contributed by atoms with Crippen LogP contribution in [0.4, 0.5) is 0 Å². The monoisotopic (exact) mass is 380 g/mol. The predicted octanol–water partition coefficient (Wildman–Crippen LogP) is 4.05. The van der Waals surface area contributed by atoms with E-state index in [0.29, 0.717) is 18.1 Å². The molecular formula is C19H25ClN2O2S. The molecule has 0 bridgehead atoms. The molecule has 0 spiro atoms. The zero-order valence-corrected chi connectivity index (χ0v) is 16.4. The second kappa shape index (κ2) is 8.81. The van der Waals surface area contributed by atoms with Crippen molar-refractivity contribution in [3.63, 3.8) is 0 Å². The fourth-order valence-corrected chi connectivity index (χ4v) is 4.41. The molecule has 0 fully saturated rings. The molecule has 4 nitrogen and oxygen atoms in total. The summed E-state index contributed by atoms with van der Waals surface area (Å²) in [5.41, 5.74) is 1.75. The lowest BCUT2D eigenvalue weighted by Crippen LogP contribution is -2.36. The summed E-state index contributed by atoms with van der Waals surface area (Å²) in [4.78, 5) is 0.273. The van der Waals surface area contributed by atoms with Gasteiger partial charge in [0, 0.05) is 24.2 Å². The molecule has 1 N–H and O–H groups in total. The van der Waals surface area contributed by atoms with Gasteiger partial charge in [0.1, 0.15) is 0 Å². The molecule has 136 valence electrons. The summed E-state index contributed by atoms with van der Waals surface area (Å²) in [7, 11) is -3.62. The molecule has 0 aliphatic carbocycles. The van der Waals surface area contributed by atoms with Crippen LogP contribution < -0.4 is 5.32 Å². The van der Waals surface area contributed by atoms with Crippen LogP contribution in [0.3, 0.4) is 0 Å². The summed E-state index contributed by atoms with van der Waals surface area (Å²) in [6.07, 6.45) is 0. The first kappa shape index (κ1) is 19.9. The second-order valence-corrected chi connectivity index (χ2v) is 8.46. The van der Waals surface area contributed by atoms with E-state index in [4.69, 9.17) is 11.6 Å². The molecule has 0 aliphatic heterocycles. The van der Waals surface area contributed by atoms with E-state index in [1.54, 1.807) is 18.2 Å². The van der Waals surface area contributed by atoms with Gasteiger partial charge in [-0.2, -0.15) is 4.31 Å². The van der Waals surface area contributed by atoms with Gasteiger partial charge in [0.15, 0.2) is 0 Å². The highest BCUT2D eigenvalue weighted by molar-refractivity contribution is 7.89. The maximum Gasteiger partial charge on any atom is 0.243 e. The highest BCUT2D eigenvalue weighted by Gasteiger charge is 2.27. The Hall–Kier alpha value is -1.40. The molecule has 0 amide bonds. The first-order chi connectivity index (χ1) is 11.9. The molecule has 2 aromatic rings. The van der Waals surface area contributed by atoms with E-state index in [0.717, 1.165) is 17.7 Å². The third kappa shape index (κ3) is 5.05. The Bertz CT molecular complexity index is 792. The number of hydrogen-bond acceptors (Lipinski definition) is 3. The Morgan fingerprint density at radius 2 is 1.80 bits per heavy atom. The van der Waals surface area contributed by atoms with Gasteiger partial charge in [-0.1, -0.05) is 48.9 Å². The summed E-state index contributed by atoms with van der Waals surface area (Å²) in [5, 5.41) is 3.75. The van der Waals surface area contributed by atoms with Crippen molar-refractivity contribution in [3.05, 3.63) is 64.7 Å². The maximum absolute atomic E-state index is 13.2. The number of hydrogen-bond donors (Lipinski definition) is 1. The van der Waals surface area contributed by atoms with Crippen molar-refractivity contribution in [2.75, 3.05) is 6.54 Å². The summed E-state index contributed by atoms with van der Waals surface area (Å²) in [5.74, 6) is 0. The van der Waals surface area contributed by atoms with Crippen molar-refractivity contribution >= 4 is 21.6 Å². The van der Waals surface area contributed by atoms with Crippen LogP contribution in [0.1, 0.15) is 31.9 Å². The standard InChI is InChI=1S/C19H25ClN2O2S/c1-4-21-13-17-12-18(10-11-19(17)20)25(23,24)22(15(2)3)14-16-8-6-5-7-9-16/h5-12,15,21H,4,13-14H2,1-3H3. The van der Waals surface area contributed by atoms with Gasteiger partial charge in [0.05, 0.1) is 4.90 Å². The van der Waals surface area contributed by atoms with Crippen molar-refractivity contribution < 1.29 is 8.42 Å². The summed E-state index contributed by atoms with van der Waals surface area (Å²) < 4.78 is 27.9. The van der Waals surface area contributed by atoms with Crippen molar-refractivity contribution in [1.29, 1.82) is 0 Å². The molecule has 0 radical (unpaired) electrons. The number of nitrogens with one attached hydrogen (secondary N) is 1. The zero-order valence-electron chi connectivity index (χ0n) is 14.9. The zero-order chi connectivity index (χ0) is 18.4. The molecule has 0 aromatic heterocycles. The molecule has 2 aromatic carbocycles. The Kier molecular flexibility index (Phi) is 7.02. The Morgan fingerprint density at radius 1 is 1.12 bits per heavy atom. The lowest BCUT2D eigenvalue weighted by molar-refractivity contribution is 0.348. The van der Waals surface area contributed by atoms with Crippen molar-refractivity contribution in [1.82, 2.24) is 9.62 Å². The number of sulfonamides is 1. The molecular weight excluding hydrogens is 356 g/mol. The van der Waals surface area contributed by atoms with Crippen LogP contribution in [0.15, 0.2) is 53.4 Å². The van der Waals surface area contributed by atoms with Crippen LogP contribution in [-0.4, -0.2) is 25.3 Å². The quantitative estimate of drug-likeness (QED) is 0.751. The SMILES string of the molecule is CCNCc1cc(S(=O)(=O)N(Cc2ccccc2)C(C)C)ccc1Cl. The fourth-order valence-electron chi connectivity index (χ4n) is 2.55. The molecule has 0 aliphatic rings. The lowest BCUT2D eigenvalue weighted by Gasteiger charge is -2.26. The van der Waals surface area contributed by atoms with Gasteiger partial charge in [0.2, 0.25) is 10.0 Å². The molecule has 2 rings (SSSR count). The number of benzene rings is 2. The van der Waals surface area contributed by atoms with Crippen LogP contribution in [0.25, 0.3) is 0 Å². The molecule has 0 unspecified atom stereocenters. The van der Waals surface area contributed by atoms with Gasteiger partial charge >= 0.3 is 0 Å². The molecule has 0 saturated heterocycles. The molecule has 0 heterocycles. The van der Waals surface area contributed by atoms with Gasteiger partial charge in [-0.3, -0.25) is 0 Å². The third-order valence-corrected chi connectivity index (χ3v) is 6.33. The van der Waals surface area contributed by atoms with Gasteiger partial charge in [-0.05, 0) is 49.7 Å². The Balaban J connectivity index is 2.36. The highest BCUT2D eigenvalue weighted by Crippen LogP contribution is 2.25. The van der Waals surface area contributed by atoms with E-state index in [2.05, 4.69) is 5.32 Å². The Labute approximate surface area is 155 Å². The van der Waals surface area contributed by atoms with Crippen molar-refractivity contribution in [2.24, 2.45) is 0 Å². The van der Waals surface area contributed by atoms with Crippen LogP contribution in [0.5, 0.6) is 0 Å². The minimum atomic E-state index is -3.62. The number of rotatable bonds is 8. The minimum absolute atomic E-state index is 0.155. The van der Waals surface area contributed by atoms with E-state index < -0.39 is 10.0 Å². The van der Waals surface area contributed by atoms with E-state index in [1.165, 1.54) is 4.31 Å². The number of halogens is 1. The summed E-state index contributed by atoms with van der Waals surface area (Å²) in [6.45, 7) is 7.44. The van der Waals surface area contributed by atoms with Gasteiger partial charge in [-0.25, -0.2) is 8.42 Å². The average molecular weight is 381 g/mol. The first-order valence-electron chi connectivity index (χ1n) is 8.41. The minimum Gasteiger partial charge on any atom is -0.313 e. The van der Waals surface area contributed by atoms with Crippen molar-refractivity contribution in [2.45, 2.75) is 44.8 Å². The second-order valence-electron chi connectivity index (χ2n) is 6.16.